The molecule has 21 heavy (non-hydrogen) atoms. The van der Waals surface area contributed by atoms with Crippen molar-refractivity contribution >= 4 is 27.7 Å². The fourth-order valence-electron chi connectivity index (χ4n) is 1.89. The largest absolute Gasteiger partial charge is 0.310 e. The van der Waals surface area contributed by atoms with E-state index in [1.807, 2.05) is 6.07 Å². The summed E-state index contributed by atoms with van der Waals surface area (Å²) in [6, 6.07) is 14.0. The Balaban J connectivity index is 1.91. The molecule has 112 valence electrons. The Morgan fingerprint density at radius 3 is 2.43 bits per heavy atom. The van der Waals surface area contributed by atoms with Crippen LogP contribution >= 0.6 is 27.7 Å². The van der Waals surface area contributed by atoms with Crippen molar-refractivity contribution in [1.29, 1.82) is 0 Å². The number of nitrogens with one attached hydrogen (secondary N) is 1. The van der Waals surface area contributed by atoms with Gasteiger partial charge in [0.15, 0.2) is 0 Å². The molecule has 0 spiro atoms. The zero-order chi connectivity index (χ0) is 15.2. The van der Waals surface area contributed by atoms with Crippen LogP contribution in [0.25, 0.3) is 0 Å². The molecular weight excluding hydrogens is 349 g/mol. The van der Waals surface area contributed by atoms with Crippen LogP contribution in [0.4, 0.5) is 4.39 Å². The second kappa shape index (κ2) is 7.97. The molecule has 2 aromatic carbocycles. The first kappa shape index (κ1) is 16.5. The predicted molar refractivity (Wildman–Crippen MR) is 92.1 cm³/mol. The first-order valence-electron chi connectivity index (χ1n) is 6.93. The molecule has 0 aliphatic rings. The normalized spacial score (nSPS) is 11.1. The van der Waals surface area contributed by atoms with E-state index in [9.17, 15) is 4.39 Å². The van der Waals surface area contributed by atoms with E-state index in [1.165, 1.54) is 16.5 Å². The van der Waals surface area contributed by atoms with E-state index < -0.39 is 0 Å². The fourth-order valence-corrected chi connectivity index (χ4v) is 3.23. The SMILES string of the molecule is CC(C)NCc1ccc(SCc2cc(F)cc(Br)c2)cc1. The van der Waals surface area contributed by atoms with Crippen LogP contribution in [0.5, 0.6) is 0 Å². The smallest absolute Gasteiger partial charge is 0.124 e. The maximum Gasteiger partial charge on any atom is 0.124 e. The van der Waals surface area contributed by atoms with E-state index in [0.29, 0.717) is 6.04 Å². The van der Waals surface area contributed by atoms with Gasteiger partial charge < -0.3 is 5.32 Å². The minimum absolute atomic E-state index is 0.199. The van der Waals surface area contributed by atoms with Gasteiger partial charge in [-0.05, 0) is 41.5 Å². The molecule has 2 aromatic rings. The molecule has 0 fully saturated rings. The molecule has 0 aliphatic heterocycles. The van der Waals surface area contributed by atoms with Gasteiger partial charge in [-0.2, -0.15) is 0 Å². The van der Waals surface area contributed by atoms with Gasteiger partial charge in [0.1, 0.15) is 5.82 Å². The van der Waals surface area contributed by atoms with Crippen LogP contribution in [0.2, 0.25) is 0 Å². The van der Waals surface area contributed by atoms with Crippen LogP contribution in [0.1, 0.15) is 25.0 Å². The van der Waals surface area contributed by atoms with Gasteiger partial charge in [0.2, 0.25) is 0 Å². The van der Waals surface area contributed by atoms with Crippen molar-refractivity contribution in [3.05, 3.63) is 63.9 Å². The van der Waals surface area contributed by atoms with Crippen molar-refractivity contribution in [2.24, 2.45) is 0 Å². The number of benzene rings is 2. The lowest BCUT2D eigenvalue weighted by Gasteiger charge is -2.09. The van der Waals surface area contributed by atoms with Crippen molar-refractivity contribution in [2.45, 2.75) is 37.1 Å². The maximum absolute atomic E-state index is 13.3. The van der Waals surface area contributed by atoms with Crippen LogP contribution in [0.3, 0.4) is 0 Å². The summed E-state index contributed by atoms with van der Waals surface area (Å²) in [7, 11) is 0. The van der Waals surface area contributed by atoms with Gasteiger partial charge in [0.05, 0.1) is 0 Å². The molecule has 4 heteroatoms. The molecule has 1 nitrogen and oxygen atoms in total. The number of hydrogen-bond donors (Lipinski definition) is 1. The average molecular weight is 368 g/mol. The summed E-state index contributed by atoms with van der Waals surface area (Å²) in [4.78, 5) is 1.20. The molecule has 0 atom stereocenters. The van der Waals surface area contributed by atoms with Gasteiger partial charge in [-0.3, -0.25) is 0 Å². The van der Waals surface area contributed by atoms with E-state index in [4.69, 9.17) is 0 Å². The van der Waals surface area contributed by atoms with Crippen molar-refractivity contribution < 1.29 is 4.39 Å². The second-order valence-corrected chi connectivity index (χ2v) is 7.21. The van der Waals surface area contributed by atoms with Crippen LogP contribution < -0.4 is 5.32 Å². The third-order valence-corrected chi connectivity index (χ3v) is 4.51. The van der Waals surface area contributed by atoms with Crippen LogP contribution in [0.15, 0.2) is 51.8 Å². The minimum atomic E-state index is -0.199. The summed E-state index contributed by atoms with van der Waals surface area (Å²) in [6.45, 7) is 5.17. The van der Waals surface area contributed by atoms with Crippen molar-refractivity contribution in [2.75, 3.05) is 0 Å². The zero-order valence-corrected chi connectivity index (χ0v) is 14.6. The molecule has 0 radical (unpaired) electrons. The van der Waals surface area contributed by atoms with E-state index in [2.05, 4.69) is 59.4 Å². The number of thioether (sulfide) groups is 1. The van der Waals surface area contributed by atoms with Gasteiger partial charge in [0.25, 0.3) is 0 Å². The van der Waals surface area contributed by atoms with Gasteiger partial charge >= 0.3 is 0 Å². The molecule has 0 saturated heterocycles. The highest BCUT2D eigenvalue weighted by Gasteiger charge is 2.01. The van der Waals surface area contributed by atoms with Gasteiger partial charge in [0, 0.05) is 27.7 Å². The fraction of sp³-hybridized carbons (Fsp3) is 0.294. The Kier molecular flexibility index (Phi) is 6.27. The third kappa shape index (κ3) is 5.81. The quantitative estimate of drug-likeness (QED) is 0.687. The van der Waals surface area contributed by atoms with E-state index in [-0.39, 0.29) is 5.82 Å². The summed E-state index contributed by atoms with van der Waals surface area (Å²) in [5.41, 5.74) is 2.26. The molecule has 0 saturated carbocycles. The highest BCUT2D eigenvalue weighted by atomic mass is 79.9. The van der Waals surface area contributed by atoms with E-state index in [1.54, 1.807) is 17.8 Å². The average Bonchev–Trinajstić information content (AvgIpc) is 2.43. The summed E-state index contributed by atoms with van der Waals surface area (Å²) >= 11 is 5.04. The number of hydrogen-bond acceptors (Lipinski definition) is 2. The minimum Gasteiger partial charge on any atom is -0.310 e. The van der Waals surface area contributed by atoms with Gasteiger partial charge in [-0.25, -0.2) is 4.39 Å². The van der Waals surface area contributed by atoms with Crippen molar-refractivity contribution in [3.63, 3.8) is 0 Å². The van der Waals surface area contributed by atoms with Gasteiger partial charge in [-0.15, -0.1) is 11.8 Å². The standard InChI is InChI=1S/C17H19BrFNS/c1-12(2)20-10-13-3-5-17(6-4-13)21-11-14-7-15(18)9-16(19)8-14/h3-9,12,20H,10-11H2,1-2H3. The summed E-state index contributed by atoms with van der Waals surface area (Å²) in [5, 5.41) is 3.40. The topological polar surface area (TPSA) is 12.0 Å². The molecular formula is C17H19BrFNS. The van der Waals surface area contributed by atoms with Crippen LogP contribution in [0, 0.1) is 5.82 Å². The lowest BCUT2D eigenvalue weighted by Crippen LogP contribution is -2.21. The van der Waals surface area contributed by atoms with Crippen molar-refractivity contribution in [1.82, 2.24) is 5.32 Å². The zero-order valence-electron chi connectivity index (χ0n) is 12.2. The second-order valence-electron chi connectivity index (χ2n) is 5.25. The maximum atomic E-state index is 13.3. The summed E-state index contributed by atoms with van der Waals surface area (Å²) < 4.78 is 14.1. The Bertz CT molecular complexity index is 564. The first-order chi connectivity index (χ1) is 10.0. The highest BCUT2D eigenvalue weighted by molar-refractivity contribution is 9.10. The molecule has 0 aliphatic carbocycles. The highest BCUT2D eigenvalue weighted by Crippen LogP contribution is 2.25. The Morgan fingerprint density at radius 1 is 1.10 bits per heavy atom. The first-order valence-corrected chi connectivity index (χ1v) is 8.71. The molecule has 0 bridgehead atoms. The molecule has 0 unspecified atom stereocenters. The van der Waals surface area contributed by atoms with Gasteiger partial charge in [-0.1, -0.05) is 41.9 Å². The Labute approximate surface area is 138 Å². The summed E-state index contributed by atoms with van der Waals surface area (Å²) in [5.74, 6) is 0.565. The third-order valence-electron chi connectivity index (χ3n) is 2.97. The predicted octanol–water partition coefficient (Wildman–Crippen LogP) is 5.38. The molecule has 0 aromatic heterocycles. The summed E-state index contributed by atoms with van der Waals surface area (Å²) in [6.07, 6.45) is 0. The molecule has 2 rings (SSSR count). The van der Waals surface area contributed by atoms with E-state index in [0.717, 1.165) is 22.3 Å². The van der Waals surface area contributed by atoms with Crippen LogP contribution in [-0.2, 0) is 12.3 Å². The monoisotopic (exact) mass is 367 g/mol. The lowest BCUT2D eigenvalue weighted by atomic mass is 10.2. The molecule has 0 amide bonds. The number of halogens is 2. The Morgan fingerprint density at radius 2 is 1.81 bits per heavy atom. The van der Waals surface area contributed by atoms with E-state index >= 15 is 0 Å². The molecule has 1 N–H and O–H groups in total. The Hall–Kier alpha value is -0.840. The number of rotatable bonds is 6. The van der Waals surface area contributed by atoms with Crippen LogP contribution in [-0.4, -0.2) is 6.04 Å². The lowest BCUT2D eigenvalue weighted by molar-refractivity contribution is 0.588. The van der Waals surface area contributed by atoms with Crippen molar-refractivity contribution in [3.8, 4) is 0 Å². The molecule has 0 heterocycles.